The van der Waals surface area contributed by atoms with Gasteiger partial charge in [-0.05, 0) is 43.1 Å². The fourth-order valence-corrected chi connectivity index (χ4v) is 2.63. The average Bonchev–Trinajstić information content (AvgIpc) is 2.66. The molecule has 104 valence electrons. The quantitative estimate of drug-likeness (QED) is 0.801. The van der Waals surface area contributed by atoms with E-state index in [0.29, 0.717) is 0 Å². The summed E-state index contributed by atoms with van der Waals surface area (Å²) in [6.07, 6.45) is 1.20. The number of nitrogens with one attached hydrogen (secondary N) is 1. The predicted octanol–water partition coefficient (Wildman–Crippen LogP) is 2.74. The van der Waals surface area contributed by atoms with Gasteiger partial charge in [-0.3, -0.25) is 4.68 Å². The van der Waals surface area contributed by atoms with Crippen LogP contribution < -0.4 is 5.32 Å². The van der Waals surface area contributed by atoms with Gasteiger partial charge in [-0.2, -0.15) is 5.10 Å². The molecular formula is C13H24BrN3O. The molecule has 0 aliphatic heterocycles. The summed E-state index contributed by atoms with van der Waals surface area (Å²) in [6, 6.07) is 0. The maximum atomic E-state index is 5.50. The first-order valence-electron chi connectivity index (χ1n) is 6.70. The van der Waals surface area contributed by atoms with Gasteiger partial charge < -0.3 is 10.1 Å². The number of ether oxygens (including phenoxy) is 1. The van der Waals surface area contributed by atoms with Crippen molar-refractivity contribution in [3.8, 4) is 0 Å². The van der Waals surface area contributed by atoms with E-state index < -0.39 is 0 Å². The third-order valence-electron chi connectivity index (χ3n) is 2.87. The van der Waals surface area contributed by atoms with Gasteiger partial charge in [0.1, 0.15) is 0 Å². The van der Waals surface area contributed by atoms with Crippen LogP contribution in [0.2, 0.25) is 0 Å². The summed E-state index contributed by atoms with van der Waals surface area (Å²) >= 11 is 3.65. The number of halogens is 1. The zero-order chi connectivity index (χ0) is 13.5. The fourth-order valence-electron chi connectivity index (χ4n) is 1.92. The lowest BCUT2D eigenvalue weighted by atomic mass is 10.3. The molecule has 5 heteroatoms. The van der Waals surface area contributed by atoms with E-state index in [1.54, 1.807) is 0 Å². The third-order valence-corrected chi connectivity index (χ3v) is 3.78. The van der Waals surface area contributed by atoms with Crippen molar-refractivity contribution in [1.82, 2.24) is 15.1 Å². The van der Waals surface area contributed by atoms with Gasteiger partial charge in [-0.25, -0.2) is 0 Å². The third kappa shape index (κ3) is 4.07. The smallest absolute Gasteiger partial charge is 0.0767 e. The molecule has 0 aliphatic rings. The summed E-state index contributed by atoms with van der Waals surface area (Å²) in [4.78, 5) is 0. The van der Waals surface area contributed by atoms with Crippen molar-refractivity contribution in [2.24, 2.45) is 0 Å². The van der Waals surface area contributed by atoms with Gasteiger partial charge in [0.2, 0.25) is 0 Å². The first-order valence-corrected chi connectivity index (χ1v) is 7.49. The molecule has 0 fully saturated rings. The van der Waals surface area contributed by atoms with Gasteiger partial charge in [0.15, 0.2) is 0 Å². The number of rotatable bonds is 8. The van der Waals surface area contributed by atoms with E-state index in [0.717, 1.165) is 42.8 Å². The van der Waals surface area contributed by atoms with Crippen molar-refractivity contribution in [2.75, 3.05) is 13.2 Å². The molecule has 1 heterocycles. The largest absolute Gasteiger partial charge is 0.377 e. The molecule has 0 spiro atoms. The molecule has 1 aromatic heterocycles. The van der Waals surface area contributed by atoms with Gasteiger partial charge in [0.25, 0.3) is 0 Å². The Morgan fingerprint density at radius 3 is 2.67 bits per heavy atom. The Labute approximate surface area is 118 Å². The molecule has 0 aromatic carbocycles. The first-order chi connectivity index (χ1) is 8.63. The lowest BCUT2D eigenvalue weighted by molar-refractivity contribution is 0.0758. The van der Waals surface area contributed by atoms with Gasteiger partial charge in [0.05, 0.1) is 22.0 Å². The Morgan fingerprint density at radius 2 is 2.11 bits per heavy atom. The summed E-state index contributed by atoms with van der Waals surface area (Å²) in [6.45, 7) is 11.7. The van der Waals surface area contributed by atoms with E-state index in [-0.39, 0.29) is 6.10 Å². The minimum absolute atomic E-state index is 0.248. The van der Waals surface area contributed by atoms with Crippen LogP contribution in [-0.2, 0) is 24.2 Å². The zero-order valence-electron chi connectivity index (χ0n) is 11.8. The van der Waals surface area contributed by atoms with Crippen molar-refractivity contribution in [1.29, 1.82) is 0 Å². The molecule has 1 atom stereocenters. The molecule has 0 amide bonds. The maximum Gasteiger partial charge on any atom is 0.0767 e. The van der Waals surface area contributed by atoms with Crippen molar-refractivity contribution in [2.45, 2.75) is 53.3 Å². The molecule has 1 N–H and O–H groups in total. The molecule has 4 nitrogen and oxygen atoms in total. The number of nitrogens with zero attached hydrogens (tertiary/aromatic N) is 2. The lowest BCUT2D eigenvalue weighted by Crippen LogP contribution is -2.27. The summed E-state index contributed by atoms with van der Waals surface area (Å²) in [7, 11) is 0. The first kappa shape index (κ1) is 15.7. The second-order valence-corrected chi connectivity index (χ2v) is 5.07. The van der Waals surface area contributed by atoms with E-state index in [9.17, 15) is 0 Å². The second kappa shape index (κ2) is 7.92. The molecule has 0 aliphatic carbocycles. The average molecular weight is 318 g/mol. The van der Waals surface area contributed by atoms with Crippen LogP contribution in [0.5, 0.6) is 0 Å². The van der Waals surface area contributed by atoms with Crippen molar-refractivity contribution in [3.63, 3.8) is 0 Å². The van der Waals surface area contributed by atoms with E-state index >= 15 is 0 Å². The predicted molar refractivity (Wildman–Crippen MR) is 77.8 cm³/mol. The highest BCUT2D eigenvalue weighted by atomic mass is 79.9. The highest BCUT2D eigenvalue weighted by Crippen LogP contribution is 2.22. The van der Waals surface area contributed by atoms with Crippen LogP contribution in [0.3, 0.4) is 0 Å². The molecule has 0 radical (unpaired) electrons. The minimum atomic E-state index is 0.248. The summed E-state index contributed by atoms with van der Waals surface area (Å²) < 4.78 is 8.70. The van der Waals surface area contributed by atoms with Crippen LogP contribution in [0.25, 0.3) is 0 Å². The monoisotopic (exact) mass is 317 g/mol. The summed E-state index contributed by atoms with van der Waals surface area (Å²) in [5, 5.41) is 8.00. The highest BCUT2D eigenvalue weighted by Gasteiger charge is 2.13. The SMILES string of the molecule is CCOC(C)CNCc1c(Br)c(CC)nn1CC. The Balaban J connectivity index is 2.58. The molecule has 1 unspecified atom stereocenters. The molecule has 1 rings (SSSR count). The normalized spacial score (nSPS) is 12.9. The Hall–Kier alpha value is -0.390. The molecule has 0 bridgehead atoms. The molecule has 18 heavy (non-hydrogen) atoms. The van der Waals surface area contributed by atoms with Crippen LogP contribution in [-0.4, -0.2) is 29.0 Å². The summed E-state index contributed by atoms with van der Waals surface area (Å²) in [5.41, 5.74) is 2.35. The van der Waals surface area contributed by atoms with Gasteiger partial charge in [-0.1, -0.05) is 6.92 Å². The topological polar surface area (TPSA) is 39.1 Å². The van der Waals surface area contributed by atoms with Crippen molar-refractivity contribution < 1.29 is 4.74 Å². The van der Waals surface area contributed by atoms with E-state index in [1.807, 2.05) is 6.92 Å². The number of aromatic nitrogens is 2. The number of hydrogen-bond acceptors (Lipinski definition) is 3. The van der Waals surface area contributed by atoms with E-state index in [4.69, 9.17) is 4.74 Å². The van der Waals surface area contributed by atoms with E-state index in [2.05, 4.69) is 51.8 Å². The van der Waals surface area contributed by atoms with Crippen LogP contribution in [0.15, 0.2) is 4.47 Å². The van der Waals surface area contributed by atoms with Crippen LogP contribution in [0.4, 0.5) is 0 Å². The van der Waals surface area contributed by atoms with Gasteiger partial charge in [0, 0.05) is 26.2 Å². The van der Waals surface area contributed by atoms with Crippen LogP contribution in [0, 0.1) is 0 Å². The number of hydrogen-bond donors (Lipinski definition) is 1. The summed E-state index contributed by atoms with van der Waals surface area (Å²) in [5.74, 6) is 0. The lowest BCUT2D eigenvalue weighted by Gasteiger charge is -2.13. The molecular weight excluding hydrogens is 294 g/mol. The van der Waals surface area contributed by atoms with Gasteiger partial charge >= 0.3 is 0 Å². The zero-order valence-corrected chi connectivity index (χ0v) is 13.4. The number of aryl methyl sites for hydroxylation is 2. The van der Waals surface area contributed by atoms with Crippen LogP contribution >= 0.6 is 15.9 Å². The second-order valence-electron chi connectivity index (χ2n) is 4.27. The molecule has 0 saturated carbocycles. The Kier molecular flexibility index (Phi) is 6.89. The molecule has 1 aromatic rings. The van der Waals surface area contributed by atoms with Crippen LogP contribution in [0.1, 0.15) is 39.1 Å². The van der Waals surface area contributed by atoms with Gasteiger partial charge in [-0.15, -0.1) is 0 Å². The standard InChI is InChI=1S/C13H24BrN3O/c1-5-11-13(14)12(17(6-2)16-11)9-15-8-10(4)18-7-3/h10,15H,5-9H2,1-4H3. The minimum Gasteiger partial charge on any atom is -0.377 e. The highest BCUT2D eigenvalue weighted by molar-refractivity contribution is 9.10. The Bertz CT molecular complexity index is 365. The van der Waals surface area contributed by atoms with Crippen molar-refractivity contribution >= 4 is 15.9 Å². The Morgan fingerprint density at radius 1 is 1.39 bits per heavy atom. The van der Waals surface area contributed by atoms with E-state index in [1.165, 1.54) is 5.69 Å². The maximum absolute atomic E-state index is 5.50. The fraction of sp³-hybridized carbons (Fsp3) is 0.769. The molecule has 0 saturated heterocycles. The van der Waals surface area contributed by atoms with Crippen molar-refractivity contribution in [3.05, 3.63) is 15.9 Å².